The zero-order valence-electron chi connectivity index (χ0n) is 10.3. The first kappa shape index (κ1) is 14.6. The van der Waals surface area contributed by atoms with E-state index in [-0.39, 0.29) is 6.54 Å². The van der Waals surface area contributed by atoms with Crippen molar-refractivity contribution in [3.8, 4) is 0 Å². The predicted molar refractivity (Wildman–Crippen MR) is 66.5 cm³/mol. The maximum absolute atomic E-state index is 11.8. The van der Waals surface area contributed by atoms with E-state index < -0.39 is 28.2 Å². The summed E-state index contributed by atoms with van der Waals surface area (Å²) < 4.78 is 24.6. The minimum atomic E-state index is -3.55. The second-order valence-corrected chi connectivity index (χ2v) is 6.18. The molecule has 1 N–H and O–H groups in total. The highest BCUT2D eigenvalue weighted by atomic mass is 32.2. The third-order valence-electron chi connectivity index (χ3n) is 2.38. The standard InChI is InChI=1S/C11H16N2O4S/c1-9-4-3-5-10(12-9)8-13(2)18(16,17)7-6-11(14)15/h3-5H,6-8H2,1-2H3,(H,14,15). The molecule has 0 unspecified atom stereocenters. The maximum Gasteiger partial charge on any atom is 0.304 e. The van der Waals surface area contributed by atoms with Gasteiger partial charge in [-0.1, -0.05) is 6.07 Å². The number of sulfonamides is 1. The van der Waals surface area contributed by atoms with Crippen LogP contribution in [-0.2, 0) is 21.4 Å². The van der Waals surface area contributed by atoms with Crippen LogP contribution in [0.1, 0.15) is 17.8 Å². The van der Waals surface area contributed by atoms with E-state index in [0.29, 0.717) is 5.69 Å². The molecule has 0 aliphatic heterocycles. The molecule has 1 aromatic rings. The lowest BCUT2D eigenvalue weighted by Gasteiger charge is -2.16. The molecule has 0 saturated carbocycles. The van der Waals surface area contributed by atoms with Crippen molar-refractivity contribution in [2.45, 2.75) is 19.9 Å². The smallest absolute Gasteiger partial charge is 0.304 e. The SMILES string of the molecule is Cc1cccc(CN(C)S(=O)(=O)CCC(=O)O)n1. The average Bonchev–Trinajstić information content (AvgIpc) is 2.26. The van der Waals surface area contributed by atoms with Crippen LogP contribution in [0, 0.1) is 6.92 Å². The third kappa shape index (κ3) is 4.42. The van der Waals surface area contributed by atoms with Gasteiger partial charge in [-0.2, -0.15) is 4.31 Å². The van der Waals surface area contributed by atoms with Crippen molar-refractivity contribution in [3.63, 3.8) is 0 Å². The van der Waals surface area contributed by atoms with Gasteiger partial charge in [-0.15, -0.1) is 0 Å². The van der Waals surface area contributed by atoms with E-state index in [1.807, 2.05) is 13.0 Å². The van der Waals surface area contributed by atoms with Gasteiger partial charge < -0.3 is 5.11 Å². The van der Waals surface area contributed by atoms with Gasteiger partial charge in [-0.25, -0.2) is 8.42 Å². The fourth-order valence-corrected chi connectivity index (χ4v) is 2.46. The average molecular weight is 272 g/mol. The van der Waals surface area contributed by atoms with E-state index >= 15 is 0 Å². The van der Waals surface area contributed by atoms with E-state index in [9.17, 15) is 13.2 Å². The van der Waals surface area contributed by atoms with Crippen molar-refractivity contribution in [1.82, 2.24) is 9.29 Å². The number of carbonyl (C=O) groups is 1. The highest BCUT2D eigenvalue weighted by Crippen LogP contribution is 2.07. The Kier molecular flexibility index (Phi) is 4.80. The van der Waals surface area contributed by atoms with Crippen LogP contribution < -0.4 is 0 Å². The topological polar surface area (TPSA) is 87.6 Å². The zero-order chi connectivity index (χ0) is 13.8. The summed E-state index contributed by atoms with van der Waals surface area (Å²) in [5.74, 6) is -1.52. The lowest BCUT2D eigenvalue weighted by molar-refractivity contribution is -0.136. The molecule has 18 heavy (non-hydrogen) atoms. The minimum absolute atomic E-state index is 0.142. The quantitative estimate of drug-likeness (QED) is 0.820. The van der Waals surface area contributed by atoms with Crippen LogP contribution in [0.15, 0.2) is 18.2 Å². The van der Waals surface area contributed by atoms with E-state index in [4.69, 9.17) is 5.11 Å². The number of carboxylic acids is 1. The maximum atomic E-state index is 11.8. The summed E-state index contributed by atoms with van der Waals surface area (Å²) in [7, 11) is -2.14. The molecule has 1 rings (SSSR count). The van der Waals surface area contributed by atoms with Crippen molar-refractivity contribution in [3.05, 3.63) is 29.6 Å². The normalized spacial score (nSPS) is 11.7. The summed E-state index contributed by atoms with van der Waals surface area (Å²) in [5, 5.41) is 8.49. The Labute approximate surface area is 106 Å². The van der Waals surface area contributed by atoms with Gasteiger partial charge in [0.2, 0.25) is 10.0 Å². The van der Waals surface area contributed by atoms with Crippen LogP contribution in [0.5, 0.6) is 0 Å². The molecule has 0 spiro atoms. The lowest BCUT2D eigenvalue weighted by Crippen LogP contribution is -2.30. The molecule has 0 amide bonds. The third-order valence-corrected chi connectivity index (χ3v) is 4.18. The number of aryl methyl sites for hydroxylation is 1. The molecule has 6 nitrogen and oxygen atoms in total. The van der Waals surface area contributed by atoms with Crippen molar-refractivity contribution in [2.24, 2.45) is 0 Å². The van der Waals surface area contributed by atoms with Gasteiger partial charge >= 0.3 is 5.97 Å². The van der Waals surface area contributed by atoms with Gasteiger partial charge in [0.25, 0.3) is 0 Å². The molecular formula is C11H16N2O4S. The molecule has 1 aromatic heterocycles. The zero-order valence-corrected chi connectivity index (χ0v) is 11.1. The Morgan fingerprint density at radius 2 is 2.11 bits per heavy atom. The molecule has 7 heteroatoms. The summed E-state index contributed by atoms with van der Waals surface area (Å²) in [6.07, 6.45) is -0.395. The Morgan fingerprint density at radius 3 is 2.67 bits per heavy atom. The highest BCUT2D eigenvalue weighted by molar-refractivity contribution is 7.89. The number of hydrogen-bond acceptors (Lipinski definition) is 4. The fraction of sp³-hybridized carbons (Fsp3) is 0.455. The number of hydrogen-bond donors (Lipinski definition) is 1. The van der Waals surface area contributed by atoms with Gasteiger partial charge in [0.05, 0.1) is 24.4 Å². The van der Waals surface area contributed by atoms with E-state index in [1.54, 1.807) is 12.1 Å². The summed E-state index contributed by atoms with van der Waals surface area (Å²) in [5.41, 5.74) is 1.44. The Balaban J connectivity index is 2.70. The molecular weight excluding hydrogens is 256 g/mol. The Bertz CT molecular complexity index is 528. The molecule has 0 saturated heterocycles. The molecule has 0 atom stereocenters. The minimum Gasteiger partial charge on any atom is -0.481 e. The van der Waals surface area contributed by atoms with Crippen LogP contribution >= 0.6 is 0 Å². The summed E-state index contributed by atoms with van der Waals surface area (Å²) in [6.45, 7) is 1.96. The largest absolute Gasteiger partial charge is 0.481 e. The molecule has 0 radical (unpaired) electrons. The van der Waals surface area contributed by atoms with Crippen LogP contribution in [-0.4, -0.2) is 41.6 Å². The first-order valence-corrected chi connectivity index (χ1v) is 7.00. The predicted octanol–water partition coefficient (Wildman–Crippen LogP) is 0.626. The summed E-state index contributed by atoms with van der Waals surface area (Å²) in [6, 6.07) is 5.36. The van der Waals surface area contributed by atoms with Gasteiger partial charge in [0.15, 0.2) is 0 Å². The number of aromatic nitrogens is 1. The fourth-order valence-electron chi connectivity index (χ4n) is 1.39. The van der Waals surface area contributed by atoms with E-state index in [1.165, 1.54) is 7.05 Å². The summed E-state index contributed by atoms with van der Waals surface area (Å²) in [4.78, 5) is 14.6. The van der Waals surface area contributed by atoms with Gasteiger partial charge in [-0.3, -0.25) is 9.78 Å². The van der Waals surface area contributed by atoms with Crippen LogP contribution in [0.2, 0.25) is 0 Å². The Morgan fingerprint density at radius 1 is 1.44 bits per heavy atom. The monoisotopic (exact) mass is 272 g/mol. The number of rotatable bonds is 6. The molecule has 1 heterocycles. The second kappa shape index (κ2) is 5.92. The van der Waals surface area contributed by atoms with Crippen LogP contribution in [0.4, 0.5) is 0 Å². The lowest BCUT2D eigenvalue weighted by atomic mass is 10.3. The van der Waals surface area contributed by atoms with Crippen molar-refractivity contribution in [1.29, 1.82) is 0 Å². The first-order chi connectivity index (χ1) is 8.31. The van der Waals surface area contributed by atoms with Crippen LogP contribution in [0.3, 0.4) is 0 Å². The molecule has 0 bridgehead atoms. The van der Waals surface area contributed by atoms with E-state index in [0.717, 1.165) is 10.00 Å². The van der Waals surface area contributed by atoms with Crippen LogP contribution in [0.25, 0.3) is 0 Å². The van der Waals surface area contributed by atoms with Crippen molar-refractivity contribution < 1.29 is 18.3 Å². The number of pyridine rings is 1. The van der Waals surface area contributed by atoms with E-state index in [2.05, 4.69) is 4.98 Å². The molecule has 100 valence electrons. The van der Waals surface area contributed by atoms with Gasteiger partial charge in [0, 0.05) is 12.7 Å². The Hall–Kier alpha value is -1.47. The summed E-state index contributed by atoms with van der Waals surface area (Å²) >= 11 is 0. The molecule has 0 aliphatic carbocycles. The number of nitrogens with zero attached hydrogens (tertiary/aromatic N) is 2. The van der Waals surface area contributed by atoms with Crippen molar-refractivity contribution in [2.75, 3.05) is 12.8 Å². The highest BCUT2D eigenvalue weighted by Gasteiger charge is 2.19. The van der Waals surface area contributed by atoms with Gasteiger partial charge in [0.1, 0.15) is 0 Å². The van der Waals surface area contributed by atoms with Crippen molar-refractivity contribution >= 4 is 16.0 Å². The molecule has 0 aliphatic rings. The number of carboxylic acid groups (broad SMARTS) is 1. The molecule has 0 fully saturated rings. The molecule has 0 aromatic carbocycles. The first-order valence-electron chi connectivity index (χ1n) is 5.39. The number of aliphatic carboxylic acids is 1. The van der Waals surface area contributed by atoms with Gasteiger partial charge in [-0.05, 0) is 19.1 Å². The second-order valence-electron chi connectivity index (χ2n) is 3.99.